The van der Waals surface area contributed by atoms with E-state index in [1.807, 2.05) is 13.0 Å². The highest BCUT2D eigenvalue weighted by Crippen LogP contribution is 2.20. The van der Waals surface area contributed by atoms with Gasteiger partial charge >= 0.3 is 5.97 Å². The first-order chi connectivity index (χ1) is 11.5. The van der Waals surface area contributed by atoms with Crippen LogP contribution in [0.3, 0.4) is 0 Å². The molecule has 6 heteroatoms. The molecule has 0 saturated carbocycles. The summed E-state index contributed by atoms with van der Waals surface area (Å²) in [6, 6.07) is 13.9. The maximum Gasteiger partial charge on any atom is 0.303 e. The molecule has 2 aromatic rings. The Morgan fingerprint density at radius 2 is 1.67 bits per heavy atom. The number of aliphatic carboxylic acids is 1. The molecule has 24 heavy (non-hydrogen) atoms. The lowest BCUT2D eigenvalue weighted by Gasteiger charge is -2.11. The molecule has 0 aliphatic heterocycles. The Balaban J connectivity index is 2.00. The fourth-order valence-electron chi connectivity index (χ4n) is 2.11. The second-order valence-electron chi connectivity index (χ2n) is 5.29. The molecule has 0 aromatic heterocycles. The SMILES string of the molecule is Cc1cc(NC(=O)CCC(=O)O)ccc1NC(=O)c1ccccc1. The monoisotopic (exact) mass is 326 g/mol. The summed E-state index contributed by atoms with van der Waals surface area (Å²) in [4.78, 5) is 34.2. The van der Waals surface area contributed by atoms with E-state index in [4.69, 9.17) is 5.11 Å². The number of aryl methyl sites for hydroxylation is 1. The summed E-state index contributed by atoms with van der Waals surface area (Å²) in [6.07, 6.45) is -0.295. The zero-order valence-electron chi connectivity index (χ0n) is 13.2. The molecule has 0 atom stereocenters. The summed E-state index contributed by atoms with van der Waals surface area (Å²) in [5, 5.41) is 14.0. The number of carboxylic acids is 1. The molecule has 0 unspecified atom stereocenters. The first kappa shape index (κ1) is 17.2. The molecule has 6 nitrogen and oxygen atoms in total. The number of anilines is 2. The minimum atomic E-state index is -1.01. The Kier molecular flexibility index (Phi) is 5.68. The molecule has 0 saturated heterocycles. The van der Waals surface area contributed by atoms with Crippen molar-refractivity contribution in [1.29, 1.82) is 0 Å². The van der Waals surface area contributed by atoms with Crippen molar-refractivity contribution in [3.8, 4) is 0 Å². The molecule has 3 N–H and O–H groups in total. The first-order valence-electron chi connectivity index (χ1n) is 7.44. The molecule has 0 bridgehead atoms. The lowest BCUT2D eigenvalue weighted by Crippen LogP contribution is -2.14. The van der Waals surface area contributed by atoms with Gasteiger partial charge in [0.1, 0.15) is 0 Å². The van der Waals surface area contributed by atoms with Crippen molar-refractivity contribution in [3.63, 3.8) is 0 Å². The van der Waals surface area contributed by atoms with Crippen LogP contribution >= 0.6 is 0 Å². The van der Waals surface area contributed by atoms with E-state index in [2.05, 4.69) is 10.6 Å². The van der Waals surface area contributed by atoms with Gasteiger partial charge < -0.3 is 15.7 Å². The number of nitrogens with one attached hydrogen (secondary N) is 2. The lowest BCUT2D eigenvalue weighted by molar-refractivity contribution is -0.138. The van der Waals surface area contributed by atoms with Crippen LogP contribution in [0.25, 0.3) is 0 Å². The molecule has 0 heterocycles. The molecule has 0 aliphatic rings. The molecule has 0 radical (unpaired) electrons. The average molecular weight is 326 g/mol. The largest absolute Gasteiger partial charge is 0.481 e. The average Bonchev–Trinajstić information content (AvgIpc) is 2.56. The number of benzene rings is 2. The highest BCUT2D eigenvalue weighted by atomic mass is 16.4. The molecular weight excluding hydrogens is 308 g/mol. The van der Waals surface area contributed by atoms with Crippen LogP contribution < -0.4 is 10.6 Å². The third-order valence-electron chi connectivity index (χ3n) is 3.36. The normalized spacial score (nSPS) is 10.0. The van der Waals surface area contributed by atoms with Gasteiger partial charge in [0.2, 0.25) is 5.91 Å². The smallest absolute Gasteiger partial charge is 0.303 e. The molecule has 0 fully saturated rings. The van der Waals surface area contributed by atoms with Crippen molar-refractivity contribution in [2.75, 3.05) is 10.6 Å². The van der Waals surface area contributed by atoms with Crippen molar-refractivity contribution < 1.29 is 19.5 Å². The standard InChI is InChI=1S/C18H18N2O4/c1-12-11-14(19-16(21)9-10-17(22)23)7-8-15(12)20-18(24)13-5-3-2-4-6-13/h2-8,11H,9-10H2,1H3,(H,19,21)(H,20,24)(H,22,23). The number of carboxylic acid groups (broad SMARTS) is 1. The Hall–Kier alpha value is -3.15. The predicted octanol–water partition coefficient (Wildman–Crippen LogP) is 3.05. The van der Waals surface area contributed by atoms with E-state index < -0.39 is 5.97 Å². The fourth-order valence-corrected chi connectivity index (χ4v) is 2.11. The van der Waals surface area contributed by atoms with Gasteiger partial charge in [0, 0.05) is 23.4 Å². The second kappa shape index (κ2) is 7.92. The Morgan fingerprint density at radius 1 is 0.958 bits per heavy atom. The quantitative estimate of drug-likeness (QED) is 0.760. The van der Waals surface area contributed by atoms with Gasteiger partial charge in [-0.2, -0.15) is 0 Å². The maximum absolute atomic E-state index is 12.1. The zero-order valence-corrected chi connectivity index (χ0v) is 13.2. The third kappa shape index (κ3) is 4.95. The number of hydrogen-bond acceptors (Lipinski definition) is 3. The number of amides is 2. The van der Waals surface area contributed by atoms with Crippen LogP contribution in [-0.4, -0.2) is 22.9 Å². The summed E-state index contributed by atoms with van der Waals surface area (Å²) < 4.78 is 0. The Morgan fingerprint density at radius 3 is 2.29 bits per heavy atom. The lowest BCUT2D eigenvalue weighted by atomic mass is 10.1. The van der Waals surface area contributed by atoms with E-state index >= 15 is 0 Å². The molecule has 2 amide bonds. The minimum absolute atomic E-state index is 0.0825. The van der Waals surface area contributed by atoms with Gasteiger partial charge in [-0.3, -0.25) is 14.4 Å². The second-order valence-corrected chi connectivity index (χ2v) is 5.29. The van der Waals surface area contributed by atoms with Crippen LogP contribution in [0.15, 0.2) is 48.5 Å². The van der Waals surface area contributed by atoms with Gasteiger partial charge in [-0.15, -0.1) is 0 Å². The van der Waals surface area contributed by atoms with E-state index in [-0.39, 0.29) is 24.7 Å². The Labute approximate surface area is 139 Å². The Bertz CT molecular complexity index is 757. The van der Waals surface area contributed by atoms with E-state index in [0.717, 1.165) is 5.56 Å². The number of hydrogen-bond donors (Lipinski definition) is 3. The number of carbonyl (C=O) groups is 3. The third-order valence-corrected chi connectivity index (χ3v) is 3.36. The van der Waals surface area contributed by atoms with Crippen molar-refractivity contribution in [3.05, 3.63) is 59.7 Å². The molecule has 2 aromatic carbocycles. The number of carbonyl (C=O) groups excluding carboxylic acids is 2. The highest BCUT2D eigenvalue weighted by Gasteiger charge is 2.09. The van der Waals surface area contributed by atoms with Crippen LogP contribution in [0, 0.1) is 6.92 Å². The van der Waals surface area contributed by atoms with E-state index in [9.17, 15) is 14.4 Å². The van der Waals surface area contributed by atoms with E-state index in [1.54, 1.807) is 42.5 Å². The van der Waals surface area contributed by atoms with Crippen molar-refractivity contribution in [2.45, 2.75) is 19.8 Å². The minimum Gasteiger partial charge on any atom is -0.481 e. The zero-order chi connectivity index (χ0) is 17.5. The van der Waals surface area contributed by atoms with E-state index in [1.165, 1.54) is 0 Å². The molecule has 124 valence electrons. The molecule has 2 rings (SSSR count). The van der Waals surface area contributed by atoms with Crippen LogP contribution in [0.2, 0.25) is 0 Å². The highest BCUT2D eigenvalue weighted by molar-refractivity contribution is 6.04. The van der Waals surface area contributed by atoms with Crippen LogP contribution in [0.5, 0.6) is 0 Å². The van der Waals surface area contributed by atoms with E-state index in [0.29, 0.717) is 16.9 Å². The fraction of sp³-hybridized carbons (Fsp3) is 0.167. The summed E-state index contributed by atoms with van der Waals surface area (Å²) >= 11 is 0. The summed E-state index contributed by atoms with van der Waals surface area (Å²) in [7, 11) is 0. The first-order valence-corrected chi connectivity index (χ1v) is 7.44. The van der Waals surface area contributed by atoms with Crippen LogP contribution in [0.1, 0.15) is 28.8 Å². The van der Waals surface area contributed by atoms with Crippen molar-refractivity contribution in [1.82, 2.24) is 0 Å². The van der Waals surface area contributed by atoms with Gasteiger partial charge in [-0.1, -0.05) is 18.2 Å². The molecule has 0 spiro atoms. The van der Waals surface area contributed by atoms with Gasteiger partial charge in [-0.05, 0) is 42.8 Å². The van der Waals surface area contributed by atoms with Gasteiger partial charge in [0.15, 0.2) is 0 Å². The topological polar surface area (TPSA) is 95.5 Å². The van der Waals surface area contributed by atoms with Gasteiger partial charge in [-0.25, -0.2) is 0 Å². The summed E-state index contributed by atoms with van der Waals surface area (Å²) in [5.74, 6) is -1.59. The van der Waals surface area contributed by atoms with Crippen LogP contribution in [-0.2, 0) is 9.59 Å². The molecular formula is C18H18N2O4. The maximum atomic E-state index is 12.1. The summed E-state index contributed by atoms with van der Waals surface area (Å²) in [5.41, 5.74) is 2.55. The number of rotatable bonds is 6. The summed E-state index contributed by atoms with van der Waals surface area (Å²) in [6.45, 7) is 1.81. The predicted molar refractivity (Wildman–Crippen MR) is 91.1 cm³/mol. The van der Waals surface area contributed by atoms with Crippen molar-refractivity contribution in [2.24, 2.45) is 0 Å². The van der Waals surface area contributed by atoms with Gasteiger partial charge in [0.25, 0.3) is 5.91 Å². The van der Waals surface area contributed by atoms with Gasteiger partial charge in [0.05, 0.1) is 6.42 Å². The van der Waals surface area contributed by atoms with Crippen LogP contribution in [0.4, 0.5) is 11.4 Å². The molecule has 0 aliphatic carbocycles. The van der Waals surface area contributed by atoms with Crippen molar-refractivity contribution >= 4 is 29.2 Å².